The van der Waals surface area contributed by atoms with Crippen LogP contribution in [0.1, 0.15) is 20.3 Å². The van der Waals surface area contributed by atoms with Crippen LogP contribution in [0.2, 0.25) is 5.02 Å². The summed E-state index contributed by atoms with van der Waals surface area (Å²) in [6, 6.07) is 12.6. The van der Waals surface area contributed by atoms with Gasteiger partial charge in [0.25, 0.3) is 0 Å². The number of amidine groups is 1. The fourth-order valence-electron chi connectivity index (χ4n) is 3.02. The number of halogens is 3. The first-order valence-corrected chi connectivity index (χ1v) is 11.1. The van der Waals surface area contributed by atoms with Gasteiger partial charge in [-0.2, -0.15) is 8.78 Å². The molecule has 170 valence electrons. The molecule has 1 aliphatic rings. The van der Waals surface area contributed by atoms with E-state index in [4.69, 9.17) is 11.6 Å². The molecule has 2 aromatic rings. The number of thioether (sulfide) groups is 1. The fraction of sp³-hybridized carbons (Fsp3) is 0.318. The molecule has 0 bridgehead atoms. The number of anilines is 1. The molecule has 2 aromatic carbocycles. The van der Waals surface area contributed by atoms with Crippen LogP contribution in [0.25, 0.3) is 0 Å². The van der Waals surface area contributed by atoms with E-state index in [0.717, 1.165) is 0 Å². The molecule has 10 heteroatoms. The minimum Gasteiger partial charge on any atom is -0.435 e. The highest BCUT2D eigenvalue weighted by Gasteiger charge is 2.39. The zero-order chi connectivity index (χ0) is 23.3. The third-order valence-electron chi connectivity index (χ3n) is 4.33. The summed E-state index contributed by atoms with van der Waals surface area (Å²) >= 11 is 7.15. The summed E-state index contributed by atoms with van der Waals surface area (Å²) in [5, 5.41) is 3.09. The zero-order valence-corrected chi connectivity index (χ0v) is 19.0. The minimum absolute atomic E-state index is 0.0219. The van der Waals surface area contributed by atoms with E-state index in [-0.39, 0.29) is 29.9 Å². The maximum Gasteiger partial charge on any atom is 0.387 e. The summed E-state index contributed by atoms with van der Waals surface area (Å²) in [5.74, 6) is -0.294. The van der Waals surface area contributed by atoms with Crippen molar-refractivity contribution in [3.8, 4) is 5.75 Å². The largest absolute Gasteiger partial charge is 0.435 e. The highest BCUT2D eigenvalue weighted by atomic mass is 35.5. The second kappa shape index (κ2) is 10.8. The Morgan fingerprint density at radius 2 is 1.97 bits per heavy atom. The average molecular weight is 482 g/mol. The van der Waals surface area contributed by atoms with Crippen molar-refractivity contribution >= 4 is 51.7 Å². The first kappa shape index (κ1) is 24.0. The lowest BCUT2D eigenvalue weighted by Gasteiger charge is -2.18. The molecular formula is C22H22ClF2N3O3S. The van der Waals surface area contributed by atoms with Gasteiger partial charge in [0.1, 0.15) is 11.0 Å². The molecule has 1 saturated heterocycles. The normalized spacial score (nSPS) is 17.5. The van der Waals surface area contributed by atoms with Crippen molar-refractivity contribution in [2.75, 3.05) is 11.9 Å². The van der Waals surface area contributed by atoms with Gasteiger partial charge >= 0.3 is 6.61 Å². The molecule has 0 spiro atoms. The summed E-state index contributed by atoms with van der Waals surface area (Å²) in [5.41, 5.74) is 1.04. The molecule has 1 heterocycles. The van der Waals surface area contributed by atoms with Crippen molar-refractivity contribution in [3.05, 3.63) is 53.6 Å². The monoisotopic (exact) mass is 481 g/mol. The van der Waals surface area contributed by atoms with Gasteiger partial charge in [-0.25, -0.2) is 4.99 Å². The second-order valence-corrected chi connectivity index (χ2v) is 9.08. The smallest absolute Gasteiger partial charge is 0.387 e. The van der Waals surface area contributed by atoms with Crippen LogP contribution in [0.5, 0.6) is 5.75 Å². The molecule has 1 aliphatic heterocycles. The summed E-state index contributed by atoms with van der Waals surface area (Å²) in [6.07, 6.45) is -0.0230. The van der Waals surface area contributed by atoms with Crippen LogP contribution in [0, 0.1) is 5.92 Å². The fourth-order valence-corrected chi connectivity index (χ4v) is 4.37. The van der Waals surface area contributed by atoms with Gasteiger partial charge in [0, 0.05) is 23.7 Å². The zero-order valence-electron chi connectivity index (χ0n) is 17.4. The number of aliphatic imine (C=N–C) groups is 1. The minimum atomic E-state index is -2.91. The Bertz CT molecular complexity index is 1000. The number of carbonyl (C=O) groups is 2. The lowest BCUT2D eigenvalue weighted by atomic mass is 10.2. The molecule has 3 rings (SSSR count). The van der Waals surface area contributed by atoms with E-state index in [1.807, 2.05) is 13.8 Å². The van der Waals surface area contributed by atoms with Crippen LogP contribution in [-0.4, -0.2) is 40.3 Å². The van der Waals surface area contributed by atoms with Gasteiger partial charge in [-0.05, 0) is 48.4 Å². The molecule has 0 unspecified atom stereocenters. The highest BCUT2D eigenvalue weighted by Crippen LogP contribution is 2.33. The van der Waals surface area contributed by atoms with Gasteiger partial charge in [-0.3, -0.25) is 14.5 Å². The molecule has 0 aromatic heterocycles. The number of amides is 2. The lowest BCUT2D eigenvalue weighted by Crippen LogP contribution is -2.36. The standard InChI is InChI=1S/C22H22ClF2N3O3S/c1-13(2)12-28-20(30)18(11-19(29)26-16-5-3-4-14(23)10-16)32-22(28)27-15-6-8-17(9-7-15)31-21(24)25/h3-10,13,18,21H,11-12H2,1-2H3,(H,26,29)/t18-/m0/s1. The summed E-state index contributed by atoms with van der Waals surface area (Å²) in [4.78, 5) is 31.5. The number of carbonyl (C=O) groups excluding carboxylic acids is 2. The Morgan fingerprint density at radius 1 is 1.25 bits per heavy atom. The predicted molar refractivity (Wildman–Crippen MR) is 123 cm³/mol. The number of benzene rings is 2. The summed E-state index contributed by atoms with van der Waals surface area (Å²) in [7, 11) is 0. The van der Waals surface area contributed by atoms with Crippen molar-refractivity contribution in [1.29, 1.82) is 0 Å². The van der Waals surface area contributed by atoms with E-state index in [0.29, 0.717) is 28.1 Å². The van der Waals surface area contributed by atoms with Crippen LogP contribution in [0.3, 0.4) is 0 Å². The van der Waals surface area contributed by atoms with Crippen molar-refractivity contribution in [2.45, 2.75) is 32.1 Å². The molecule has 2 amide bonds. The quantitative estimate of drug-likeness (QED) is 0.536. The van der Waals surface area contributed by atoms with Gasteiger partial charge in [0.2, 0.25) is 11.8 Å². The summed E-state index contributed by atoms with van der Waals surface area (Å²) in [6.45, 7) is 1.50. The Hall–Kier alpha value is -2.65. The molecule has 6 nitrogen and oxygen atoms in total. The topological polar surface area (TPSA) is 71.0 Å². The number of ether oxygens (including phenoxy) is 1. The molecule has 1 atom stereocenters. The van der Waals surface area contributed by atoms with Crippen molar-refractivity contribution in [1.82, 2.24) is 4.90 Å². The van der Waals surface area contributed by atoms with E-state index in [1.165, 1.54) is 36.0 Å². The van der Waals surface area contributed by atoms with Crippen molar-refractivity contribution in [3.63, 3.8) is 0 Å². The van der Waals surface area contributed by atoms with E-state index in [9.17, 15) is 18.4 Å². The first-order valence-electron chi connectivity index (χ1n) is 9.88. The molecule has 0 radical (unpaired) electrons. The van der Waals surface area contributed by atoms with Crippen molar-refractivity contribution < 1.29 is 23.1 Å². The van der Waals surface area contributed by atoms with Gasteiger partial charge in [-0.1, -0.05) is 43.3 Å². The number of alkyl halides is 2. The molecule has 0 aliphatic carbocycles. The third kappa shape index (κ3) is 6.67. The lowest BCUT2D eigenvalue weighted by molar-refractivity contribution is -0.128. The Kier molecular flexibility index (Phi) is 8.09. The Morgan fingerprint density at radius 3 is 2.59 bits per heavy atom. The van der Waals surface area contributed by atoms with Crippen LogP contribution < -0.4 is 10.1 Å². The average Bonchev–Trinajstić information content (AvgIpc) is 2.97. The Labute approximate surface area is 194 Å². The second-order valence-electron chi connectivity index (χ2n) is 7.48. The molecule has 1 N–H and O–H groups in total. The molecule has 32 heavy (non-hydrogen) atoms. The van der Waals surface area contributed by atoms with E-state index in [1.54, 1.807) is 29.2 Å². The SMILES string of the molecule is CC(C)CN1C(=O)[C@H](CC(=O)Nc2cccc(Cl)c2)SC1=Nc1ccc(OC(F)F)cc1. The van der Waals surface area contributed by atoms with Crippen molar-refractivity contribution in [2.24, 2.45) is 10.9 Å². The maximum atomic E-state index is 13.0. The summed E-state index contributed by atoms with van der Waals surface area (Å²) < 4.78 is 29.0. The van der Waals surface area contributed by atoms with Gasteiger partial charge in [0.05, 0.1) is 5.69 Å². The van der Waals surface area contributed by atoms with E-state index >= 15 is 0 Å². The Balaban J connectivity index is 1.73. The molecular weight excluding hydrogens is 460 g/mol. The van der Waals surface area contributed by atoms with Gasteiger partial charge in [-0.15, -0.1) is 0 Å². The number of rotatable bonds is 8. The van der Waals surface area contributed by atoms with Gasteiger partial charge < -0.3 is 10.1 Å². The number of nitrogens with one attached hydrogen (secondary N) is 1. The first-order chi connectivity index (χ1) is 15.2. The molecule has 1 fully saturated rings. The van der Waals surface area contributed by atoms with E-state index in [2.05, 4.69) is 15.0 Å². The van der Waals surface area contributed by atoms with Crippen LogP contribution in [0.15, 0.2) is 53.5 Å². The number of hydrogen-bond acceptors (Lipinski definition) is 5. The van der Waals surface area contributed by atoms with E-state index < -0.39 is 11.9 Å². The maximum absolute atomic E-state index is 13.0. The predicted octanol–water partition coefficient (Wildman–Crippen LogP) is 5.56. The van der Waals surface area contributed by atoms with Gasteiger partial charge in [0.15, 0.2) is 5.17 Å². The van der Waals surface area contributed by atoms with Crippen LogP contribution >= 0.6 is 23.4 Å². The molecule has 0 saturated carbocycles. The number of hydrogen-bond donors (Lipinski definition) is 1. The van der Waals surface area contributed by atoms with Crippen LogP contribution in [-0.2, 0) is 9.59 Å². The number of nitrogens with zero attached hydrogens (tertiary/aromatic N) is 2. The highest BCUT2D eigenvalue weighted by molar-refractivity contribution is 8.15. The third-order valence-corrected chi connectivity index (χ3v) is 5.74. The van der Waals surface area contributed by atoms with Crippen LogP contribution in [0.4, 0.5) is 20.2 Å².